The minimum absolute atomic E-state index is 0.216. The zero-order valence-electron chi connectivity index (χ0n) is 11.0. The smallest absolute Gasteiger partial charge is 0.209 e. The van der Waals surface area contributed by atoms with E-state index in [9.17, 15) is 0 Å². The number of nitriles is 1. The summed E-state index contributed by atoms with van der Waals surface area (Å²) >= 11 is 1.64. The maximum atomic E-state index is 8.90. The molecule has 2 N–H and O–H groups in total. The Balaban J connectivity index is 2.22. The van der Waals surface area contributed by atoms with Gasteiger partial charge in [-0.15, -0.1) is 5.10 Å². The van der Waals surface area contributed by atoms with Crippen molar-refractivity contribution in [2.45, 2.75) is 44.8 Å². The average molecular weight is 268 g/mol. The van der Waals surface area contributed by atoms with Crippen LogP contribution in [0.2, 0.25) is 0 Å². The maximum absolute atomic E-state index is 8.90. The van der Waals surface area contributed by atoms with E-state index in [0.717, 1.165) is 30.2 Å². The lowest BCUT2D eigenvalue weighted by Crippen LogP contribution is -2.12. The molecule has 0 aromatic carbocycles. The lowest BCUT2D eigenvalue weighted by molar-refractivity contribution is 0.433. The summed E-state index contributed by atoms with van der Waals surface area (Å²) in [6, 6.07) is 2.31. The van der Waals surface area contributed by atoms with Crippen molar-refractivity contribution >= 4 is 11.8 Å². The number of nitrogens with two attached hydrogens (primary N) is 1. The molecule has 0 amide bonds. The number of nitrogens with zero attached hydrogens (tertiary/aromatic N) is 5. The molecule has 1 rings (SSSR count). The van der Waals surface area contributed by atoms with Crippen LogP contribution in [-0.2, 0) is 6.54 Å². The molecule has 1 aromatic heterocycles. The van der Waals surface area contributed by atoms with Crippen molar-refractivity contribution in [1.29, 1.82) is 5.26 Å². The number of hydrogen-bond acceptors (Lipinski definition) is 6. The molecule has 100 valence electrons. The lowest BCUT2D eigenvalue weighted by Gasteiger charge is -2.13. The highest BCUT2D eigenvalue weighted by molar-refractivity contribution is 7.99. The monoisotopic (exact) mass is 268 g/mol. The third-order valence-corrected chi connectivity index (χ3v) is 3.61. The summed E-state index contributed by atoms with van der Waals surface area (Å²) in [5, 5.41) is 21.2. The predicted molar refractivity (Wildman–Crippen MR) is 70.8 cm³/mol. The average Bonchev–Trinajstić information content (AvgIpc) is 2.77. The van der Waals surface area contributed by atoms with E-state index in [2.05, 4.69) is 21.6 Å². The van der Waals surface area contributed by atoms with Gasteiger partial charge in [0.15, 0.2) is 0 Å². The largest absolute Gasteiger partial charge is 0.329 e. The molecule has 0 aliphatic rings. The SMILES string of the molecule is CC(C)(C#N)CCCCSc1nnnn1CCN. The number of rotatable bonds is 8. The molecule has 0 bridgehead atoms. The van der Waals surface area contributed by atoms with E-state index in [-0.39, 0.29) is 5.41 Å². The molecule has 1 aromatic rings. The fourth-order valence-corrected chi connectivity index (χ4v) is 2.35. The van der Waals surface area contributed by atoms with Crippen molar-refractivity contribution in [2.24, 2.45) is 11.1 Å². The Morgan fingerprint density at radius 1 is 1.44 bits per heavy atom. The topological polar surface area (TPSA) is 93.4 Å². The van der Waals surface area contributed by atoms with Crippen LogP contribution in [0.5, 0.6) is 0 Å². The van der Waals surface area contributed by atoms with Crippen molar-refractivity contribution in [3.05, 3.63) is 0 Å². The van der Waals surface area contributed by atoms with E-state index in [1.807, 2.05) is 13.8 Å². The van der Waals surface area contributed by atoms with Crippen molar-refractivity contribution in [2.75, 3.05) is 12.3 Å². The molecule has 1 heterocycles. The van der Waals surface area contributed by atoms with Gasteiger partial charge in [-0.05, 0) is 37.1 Å². The molecule has 0 aliphatic carbocycles. The van der Waals surface area contributed by atoms with Crippen LogP contribution in [0.15, 0.2) is 5.16 Å². The minimum atomic E-state index is -0.216. The van der Waals surface area contributed by atoms with Crippen LogP contribution in [0, 0.1) is 16.7 Å². The molecule has 0 fully saturated rings. The summed E-state index contributed by atoms with van der Waals surface area (Å²) in [5.41, 5.74) is 5.26. The summed E-state index contributed by atoms with van der Waals surface area (Å²) in [6.45, 7) is 5.13. The van der Waals surface area contributed by atoms with Crippen molar-refractivity contribution in [1.82, 2.24) is 20.2 Å². The highest BCUT2D eigenvalue weighted by Gasteiger charge is 2.15. The number of hydrogen-bond donors (Lipinski definition) is 1. The molecule has 0 saturated carbocycles. The number of unbranched alkanes of at least 4 members (excludes halogenated alkanes) is 1. The fraction of sp³-hybridized carbons (Fsp3) is 0.818. The molecule has 0 unspecified atom stereocenters. The second-order valence-corrected chi connectivity index (χ2v) is 5.84. The van der Waals surface area contributed by atoms with Crippen LogP contribution in [0.25, 0.3) is 0 Å². The lowest BCUT2D eigenvalue weighted by atomic mass is 9.89. The first-order chi connectivity index (χ1) is 8.59. The van der Waals surface area contributed by atoms with Gasteiger partial charge >= 0.3 is 0 Å². The molecule has 0 radical (unpaired) electrons. The molecule has 18 heavy (non-hydrogen) atoms. The normalized spacial score (nSPS) is 11.4. The van der Waals surface area contributed by atoms with Crippen LogP contribution in [0.3, 0.4) is 0 Å². The summed E-state index contributed by atoms with van der Waals surface area (Å²) in [4.78, 5) is 0. The summed E-state index contributed by atoms with van der Waals surface area (Å²) in [7, 11) is 0. The van der Waals surface area contributed by atoms with E-state index < -0.39 is 0 Å². The molecular formula is C11H20N6S. The van der Waals surface area contributed by atoms with Gasteiger partial charge in [-0.25, -0.2) is 4.68 Å². The highest BCUT2D eigenvalue weighted by atomic mass is 32.2. The molecule has 7 heteroatoms. The van der Waals surface area contributed by atoms with Gasteiger partial charge in [-0.2, -0.15) is 5.26 Å². The molecule has 0 aliphatic heterocycles. The number of aromatic nitrogens is 4. The molecule has 0 saturated heterocycles. The Labute approximate surface area is 112 Å². The zero-order chi connectivity index (χ0) is 13.4. The Hall–Kier alpha value is -1.13. The van der Waals surface area contributed by atoms with Gasteiger partial charge in [0.05, 0.1) is 18.0 Å². The van der Waals surface area contributed by atoms with Crippen molar-refractivity contribution in [3.63, 3.8) is 0 Å². The first-order valence-corrected chi connectivity index (χ1v) is 7.08. The maximum Gasteiger partial charge on any atom is 0.209 e. The fourth-order valence-electron chi connectivity index (χ4n) is 1.45. The van der Waals surface area contributed by atoms with E-state index >= 15 is 0 Å². The van der Waals surface area contributed by atoms with Crippen LogP contribution >= 0.6 is 11.8 Å². The summed E-state index contributed by atoms with van der Waals surface area (Å²) in [5.74, 6) is 0.965. The third kappa shape index (κ3) is 5.02. The standard InChI is InChI=1S/C11H20N6S/c1-11(2,9-13)5-3-4-8-18-10-14-15-16-17(10)7-6-12/h3-8,12H2,1-2H3. The summed E-state index contributed by atoms with van der Waals surface area (Å²) < 4.78 is 1.73. The predicted octanol–water partition coefficient (Wildman–Crippen LogP) is 1.44. The third-order valence-electron chi connectivity index (χ3n) is 2.57. The molecule has 6 nitrogen and oxygen atoms in total. The first kappa shape index (κ1) is 14.9. The minimum Gasteiger partial charge on any atom is -0.329 e. The van der Waals surface area contributed by atoms with Gasteiger partial charge in [-0.3, -0.25) is 0 Å². The van der Waals surface area contributed by atoms with E-state index in [1.54, 1.807) is 16.4 Å². The molecular weight excluding hydrogens is 248 g/mol. The van der Waals surface area contributed by atoms with Gasteiger partial charge in [0.25, 0.3) is 0 Å². The number of thioether (sulfide) groups is 1. The van der Waals surface area contributed by atoms with Gasteiger partial charge in [0, 0.05) is 12.3 Å². The molecule has 0 atom stereocenters. The van der Waals surface area contributed by atoms with E-state index in [1.165, 1.54) is 0 Å². The van der Waals surface area contributed by atoms with Gasteiger partial charge in [0.2, 0.25) is 5.16 Å². The zero-order valence-corrected chi connectivity index (χ0v) is 11.8. The quantitative estimate of drug-likeness (QED) is 0.566. The van der Waals surface area contributed by atoms with Crippen LogP contribution < -0.4 is 5.73 Å². The first-order valence-electron chi connectivity index (χ1n) is 6.09. The van der Waals surface area contributed by atoms with Gasteiger partial charge in [-0.1, -0.05) is 18.2 Å². The van der Waals surface area contributed by atoms with Gasteiger partial charge < -0.3 is 5.73 Å². The Kier molecular flexibility index (Phi) is 6.09. The van der Waals surface area contributed by atoms with Crippen LogP contribution in [0.1, 0.15) is 33.1 Å². The highest BCUT2D eigenvalue weighted by Crippen LogP contribution is 2.23. The van der Waals surface area contributed by atoms with Crippen LogP contribution in [0.4, 0.5) is 0 Å². The van der Waals surface area contributed by atoms with Crippen LogP contribution in [-0.4, -0.2) is 32.5 Å². The Bertz CT molecular complexity index is 394. The van der Waals surface area contributed by atoms with Gasteiger partial charge in [0.1, 0.15) is 0 Å². The van der Waals surface area contributed by atoms with Crippen molar-refractivity contribution < 1.29 is 0 Å². The summed E-state index contributed by atoms with van der Waals surface area (Å²) in [6.07, 6.45) is 3.04. The second kappa shape index (κ2) is 7.34. The second-order valence-electron chi connectivity index (χ2n) is 4.77. The van der Waals surface area contributed by atoms with E-state index in [4.69, 9.17) is 11.0 Å². The molecule has 0 spiro atoms. The Morgan fingerprint density at radius 3 is 2.89 bits per heavy atom. The van der Waals surface area contributed by atoms with E-state index in [0.29, 0.717) is 13.1 Å². The van der Waals surface area contributed by atoms with Crippen molar-refractivity contribution in [3.8, 4) is 6.07 Å². The number of tetrazole rings is 1. The Morgan fingerprint density at radius 2 is 2.22 bits per heavy atom.